The molecule has 0 radical (unpaired) electrons. The van der Waals surface area contributed by atoms with E-state index in [0.29, 0.717) is 11.1 Å². The largest absolute Gasteiger partial charge is 0.508 e. The van der Waals surface area contributed by atoms with E-state index < -0.39 is 11.9 Å². The Morgan fingerprint density at radius 3 is 2.17 bits per heavy atom. The van der Waals surface area contributed by atoms with Gasteiger partial charge in [-0.15, -0.1) is 0 Å². The first-order chi connectivity index (χ1) is 10.9. The number of carbonyl (C=O) groups is 2. The van der Waals surface area contributed by atoms with Crippen molar-refractivity contribution in [3.63, 3.8) is 0 Å². The molecule has 0 aliphatic rings. The van der Waals surface area contributed by atoms with Crippen molar-refractivity contribution in [1.29, 1.82) is 0 Å². The summed E-state index contributed by atoms with van der Waals surface area (Å²) in [6.45, 7) is 3.57. The minimum atomic E-state index is -0.712. The monoisotopic (exact) mass is 314 g/mol. The van der Waals surface area contributed by atoms with Gasteiger partial charge < -0.3 is 14.6 Å². The molecule has 2 aromatic carbocycles. The number of methoxy groups -OCH3 is 2. The lowest BCUT2D eigenvalue weighted by atomic mass is 9.88. The second kappa shape index (κ2) is 6.52. The minimum Gasteiger partial charge on any atom is -0.508 e. The Morgan fingerprint density at radius 2 is 1.61 bits per heavy atom. The lowest BCUT2D eigenvalue weighted by Gasteiger charge is -2.17. The molecule has 0 heterocycles. The summed E-state index contributed by atoms with van der Waals surface area (Å²) in [7, 11) is 2.46. The summed E-state index contributed by atoms with van der Waals surface area (Å²) in [4.78, 5) is 24.4. The van der Waals surface area contributed by atoms with Gasteiger partial charge in [-0.1, -0.05) is 24.3 Å². The van der Waals surface area contributed by atoms with Crippen LogP contribution in [0.5, 0.6) is 5.75 Å². The molecule has 0 atom stereocenters. The maximum absolute atomic E-state index is 12.3. The molecular formula is C18H18O5. The van der Waals surface area contributed by atoms with E-state index in [2.05, 4.69) is 0 Å². The fourth-order valence-electron chi connectivity index (χ4n) is 2.54. The van der Waals surface area contributed by atoms with E-state index in [4.69, 9.17) is 9.47 Å². The van der Waals surface area contributed by atoms with Gasteiger partial charge >= 0.3 is 11.9 Å². The lowest BCUT2D eigenvalue weighted by molar-refractivity contribution is 0.0555. The number of aromatic hydroxyl groups is 1. The molecule has 0 aromatic heterocycles. The van der Waals surface area contributed by atoms with Crippen LogP contribution in [0.3, 0.4) is 0 Å². The van der Waals surface area contributed by atoms with Crippen LogP contribution in [-0.2, 0) is 9.47 Å². The van der Waals surface area contributed by atoms with Gasteiger partial charge in [0.2, 0.25) is 0 Å². The number of carbonyl (C=O) groups excluding carboxylic acids is 2. The van der Waals surface area contributed by atoms with Crippen molar-refractivity contribution < 1.29 is 24.2 Å². The summed E-state index contributed by atoms with van der Waals surface area (Å²) in [6, 6.07) is 8.64. The number of rotatable bonds is 3. The van der Waals surface area contributed by atoms with Crippen molar-refractivity contribution in [2.24, 2.45) is 0 Å². The second-order valence-corrected chi connectivity index (χ2v) is 5.12. The van der Waals surface area contributed by atoms with E-state index in [9.17, 15) is 14.7 Å². The molecule has 2 rings (SSSR count). The molecule has 0 fully saturated rings. The highest BCUT2D eigenvalue weighted by Crippen LogP contribution is 2.37. The number of aryl methyl sites for hydroxylation is 1. The average Bonchev–Trinajstić information content (AvgIpc) is 2.56. The average molecular weight is 314 g/mol. The number of ether oxygens (including phenoxy) is 2. The molecule has 2 aromatic rings. The maximum Gasteiger partial charge on any atom is 0.339 e. The molecule has 5 heteroatoms. The van der Waals surface area contributed by atoms with Gasteiger partial charge in [0, 0.05) is 5.56 Å². The predicted octanol–water partition coefficient (Wildman–Crippen LogP) is 3.25. The summed E-state index contributed by atoms with van der Waals surface area (Å²) in [6.07, 6.45) is 0. The van der Waals surface area contributed by atoms with Gasteiger partial charge in [0.05, 0.1) is 25.3 Å². The molecule has 0 aliphatic carbocycles. The SMILES string of the molecule is COC(=O)c1cc(O)c(C)c(-c2ccccc2C)c1C(=O)OC. The van der Waals surface area contributed by atoms with Crippen LogP contribution in [-0.4, -0.2) is 31.3 Å². The van der Waals surface area contributed by atoms with Crippen LogP contribution in [0.15, 0.2) is 30.3 Å². The molecule has 120 valence electrons. The van der Waals surface area contributed by atoms with E-state index in [1.54, 1.807) is 6.92 Å². The van der Waals surface area contributed by atoms with Gasteiger partial charge in [-0.25, -0.2) is 9.59 Å². The molecule has 1 N–H and O–H groups in total. The van der Waals surface area contributed by atoms with Crippen LogP contribution in [0.4, 0.5) is 0 Å². The molecular weight excluding hydrogens is 296 g/mol. The first kappa shape index (κ1) is 16.5. The summed E-state index contributed by atoms with van der Waals surface area (Å²) < 4.78 is 9.57. The van der Waals surface area contributed by atoms with Crippen LogP contribution in [0.2, 0.25) is 0 Å². The number of esters is 2. The van der Waals surface area contributed by atoms with Crippen LogP contribution in [0, 0.1) is 13.8 Å². The summed E-state index contributed by atoms with van der Waals surface area (Å²) in [5, 5.41) is 10.2. The van der Waals surface area contributed by atoms with Crippen molar-refractivity contribution in [2.45, 2.75) is 13.8 Å². The number of hydrogen-bond acceptors (Lipinski definition) is 5. The first-order valence-corrected chi connectivity index (χ1v) is 7.01. The standard InChI is InChI=1S/C18H18O5/c1-10-7-5-6-8-12(10)15-11(2)14(19)9-13(17(20)22-3)16(15)18(21)23-4/h5-9,19H,1-4H3. The second-order valence-electron chi connectivity index (χ2n) is 5.12. The highest BCUT2D eigenvalue weighted by molar-refractivity contribution is 6.09. The number of phenolic OH excluding ortho intramolecular Hbond substituents is 1. The van der Waals surface area contributed by atoms with Gasteiger partial charge in [-0.3, -0.25) is 0 Å². The van der Waals surface area contributed by atoms with E-state index in [1.807, 2.05) is 31.2 Å². The smallest absolute Gasteiger partial charge is 0.339 e. The van der Waals surface area contributed by atoms with Crippen LogP contribution < -0.4 is 0 Å². The van der Waals surface area contributed by atoms with Crippen LogP contribution in [0.1, 0.15) is 31.8 Å². The normalized spacial score (nSPS) is 10.3. The van der Waals surface area contributed by atoms with Gasteiger partial charge in [0.15, 0.2) is 0 Å². The Bertz CT molecular complexity index is 777. The topological polar surface area (TPSA) is 72.8 Å². The van der Waals surface area contributed by atoms with Gasteiger partial charge in [-0.2, -0.15) is 0 Å². The molecule has 0 spiro atoms. The fourth-order valence-corrected chi connectivity index (χ4v) is 2.54. The molecule has 0 amide bonds. The zero-order chi connectivity index (χ0) is 17.1. The zero-order valence-corrected chi connectivity index (χ0v) is 13.5. The number of benzene rings is 2. The van der Waals surface area contributed by atoms with Gasteiger partial charge in [0.25, 0.3) is 0 Å². The molecule has 0 unspecified atom stereocenters. The van der Waals surface area contributed by atoms with E-state index in [0.717, 1.165) is 11.1 Å². The number of hydrogen-bond donors (Lipinski definition) is 1. The Morgan fingerprint density at radius 1 is 1.00 bits per heavy atom. The highest BCUT2D eigenvalue weighted by Gasteiger charge is 2.27. The molecule has 0 bridgehead atoms. The molecule has 23 heavy (non-hydrogen) atoms. The van der Waals surface area contributed by atoms with Gasteiger partial charge in [-0.05, 0) is 36.6 Å². The Balaban J connectivity index is 2.94. The number of phenols is 1. The molecule has 0 saturated carbocycles. The van der Waals surface area contributed by atoms with E-state index >= 15 is 0 Å². The van der Waals surface area contributed by atoms with E-state index in [-0.39, 0.29) is 16.9 Å². The van der Waals surface area contributed by atoms with Crippen molar-refractivity contribution in [3.05, 3.63) is 52.6 Å². The van der Waals surface area contributed by atoms with Crippen molar-refractivity contribution in [2.75, 3.05) is 14.2 Å². The zero-order valence-electron chi connectivity index (χ0n) is 13.5. The third-order valence-electron chi connectivity index (χ3n) is 3.77. The fraction of sp³-hybridized carbons (Fsp3) is 0.222. The summed E-state index contributed by atoms with van der Waals surface area (Å²) >= 11 is 0. The van der Waals surface area contributed by atoms with Crippen LogP contribution >= 0.6 is 0 Å². The molecule has 0 saturated heterocycles. The van der Waals surface area contributed by atoms with E-state index in [1.165, 1.54) is 20.3 Å². The first-order valence-electron chi connectivity index (χ1n) is 7.01. The highest BCUT2D eigenvalue weighted by atomic mass is 16.5. The predicted molar refractivity (Wildman–Crippen MR) is 85.7 cm³/mol. The summed E-state index contributed by atoms with van der Waals surface area (Å²) in [5.41, 5.74) is 2.67. The Kier molecular flexibility index (Phi) is 4.69. The Hall–Kier alpha value is -2.82. The lowest BCUT2D eigenvalue weighted by Crippen LogP contribution is -2.14. The quantitative estimate of drug-likeness (QED) is 0.880. The van der Waals surface area contributed by atoms with Gasteiger partial charge in [0.1, 0.15) is 5.75 Å². The Labute approximate surface area is 134 Å². The molecule has 0 aliphatic heterocycles. The molecule has 5 nitrogen and oxygen atoms in total. The van der Waals surface area contributed by atoms with Crippen molar-refractivity contribution in [1.82, 2.24) is 0 Å². The minimum absolute atomic E-state index is 0.0271. The van der Waals surface area contributed by atoms with Crippen molar-refractivity contribution in [3.8, 4) is 16.9 Å². The van der Waals surface area contributed by atoms with Crippen molar-refractivity contribution >= 4 is 11.9 Å². The third-order valence-corrected chi connectivity index (χ3v) is 3.77. The summed E-state index contributed by atoms with van der Waals surface area (Å²) in [5.74, 6) is -1.46. The maximum atomic E-state index is 12.3. The third kappa shape index (κ3) is 2.90. The van der Waals surface area contributed by atoms with Crippen LogP contribution in [0.25, 0.3) is 11.1 Å².